The number of nitrogens with two attached hydrogens (primary N) is 1. The molecule has 0 aliphatic carbocycles. The molecule has 2 aromatic rings. The van der Waals surface area contributed by atoms with Crippen LogP contribution in [0.3, 0.4) is 0 Å². The lowest BCUT2D eigenvalue weighted by atomic mass is 10.1. The fourth-order valence-electron chi connectivity index (χ4n) is 1.13. The zero-order valence-corrected chi connectivity index (χ0v) is 8.05. The molecule has 1 aromatic heterocycles. The molecular weight excluding hydrogens is 226 g/mol. The summed E-state index contributed by atoms with van der Waals surface area (Å²) in [7, 11) is 0. The van der Waals surface area contributed by atoms with Gasteiger partial charge in [0.1, 0.15) is 10.8 Å². The van der Waals surface area contributed by atoms with E-state index in [9.17, 15) is 8.78 Å². The molecule has 2 rings (SSSR count). The number of nitrogens with zero attached hydrogens (tertiary/aromatic N) is 1. The highest BCUT2D eigenvalue weighted by atomic mass is 35.5. The Labute approximate surface area is 88.5 Å². The SMILES string of the molecule is Nc1ncc(-c2ccc(F)c(Cl)c2F)o1. The predicted octanol–water partition coefficient (Wildman–Crippen LogP) is 2.86. The van der Waals surface area contributed by atoms with Crippen LogP contribution in [0.1, 0.15) is 0 Å². The highest BCUT2D eigenvalue weighted by Gasteiger charge is 2.15. The summed E-state index contributed by atoms with van der Waals surface area (Å²) in [4.78, 5) is 3.59. The quantitative estimate of drug-likeness (QED) is 0.767. The van der Waals surface area contributed by atoms with E-state index in [2.05, 4.69) is 4.98 Å². The van der Waals surface area contributed by atoms with E-state index in [4.69, 9.17) is 21.8 Å². The number of aromatic nitrogens is 1. The maximum atomic E-state index is 13.5. The zero-order valence-electron chi connectivity index (χ0n) is 7.30. The van der Waals surface area contributed by atoms with Gasteiger partial charge in [-0.2, -0.15) is 0 Å². The number of hydrogen-bond acceptors (Lipinski definition) is 3. The highest BCUT2D eigenvalue weighted by Crippen LogP contribution is 2.30. The fraction of sp³-hybridized carbons (Fsp3) is 0. The standard InChI is InChI=1S/C9H5ClF2N2O/c10-7-5(11)2-1-4(8(7)12)6-3-14-9(13)15-6/h1-3H,(H2,13,14). The number of rotatable bonds is 1. The molecule has 0 unspecified atom stereocenters. The number of halogens is 3. The number of anilines is 1. The lowest BCUT2D eigenvalue weighted by molar-refractivity contribution is 0.567. The topological polar surface area (TPSA) is 52.0 Å². The van der Waals surface area contributed by atoms with E-state index >= 15 is 0 Å². The van der Waals surface area contributed by atoms with E-state index in [-0.39, 0.29) is 17.3 Å². The van der Waals surface area contributed by atoms with Crippen molar-refractivity contribution in [2.75, 3.05) is 5.73 Å². The van der Waals surface area contributed by atoms with Crippen molar-refractivity contribution in [3.05, 3.63) is 35.0 Å². The Morgan fingerprint density at radius 2 is 2.07 bits per heavy atom. The van der Waals surface area contributed by atoms with Crippen LogP contribution in [0, 0.1) is 11.6 Å². The van der Waals surface area contributed by atoms with Crippen molar-refractivity contribution in [3.63, 3.8) is 0 Å². The van der Waals surface area contributed by atoms with Gasteiger partial charge < -0.3 is 10.2 Å². The summed E-state index contributed by atoms with van der Waals surface area (Å²) in [6, 6.07) is 2.15. The van der Waals surface area contributed by atoms with Gasteiger partial charge in [-0.25, -0.2) is 13.8 Å². The summed E-state index contributed by atoms with van der Waals surface area (Å²) in [6.45, 7) is 0. The third-order valence-electron chi connectivity index (χ3n) is 1.82. The van der Waals surface area contributed by atoms with Crippen LogP contribution in [0.4, 0.5) is 14.8 Å². The molecule has 0 radical (unpaired) electrons. The van der Waals surface area contributed by atoms with E-state index in [1.54, 1.807) is 0 Å². The Hall–Kier alpha value is -1.62. The molecule has 3 nitrogen and oxygen atoms in total. The Morgan fingerprint density at radius 3 is 2.67 bits per heavy atom. The van der Waals surface area contributed by atoms with Gasteiger partial charge >= 0.3 is 0 Å². The molecule has 0 saturated carbocycles. The van der Waals surface area contributed by atoms with E-state index in [1.165, 1.54) is 12.3 Å². The van der Waals surface area contributed by atoms with Crippen LogP contribution in [0.25, 0.3) is 11.3 Å². The number of benzene rings is 1. The van der Waals surface area contributed by atoms with Crippen LogP contribution in [-0.2, 0) is 0 Å². The monoisotopic (exact) mass is 230 g/mol. The molecule has 2 N–H and O–H groups in total. The Morgan fingerprint density at radius 1 is 1.33 bits per heavy atom. The third kappa shape index (κ3) is 1.66. The van der Waals surface area contributed by atoms with Gasteiger partial charge in [0.2, 0.25) is 0 Å². The Kier molecular flexibility index (Phi) is 2.32. The van der Waals surface area contributed by atoms with Crippen LogP contribution < -0.4 is 5.73 Å². The summed E-state index contributed by atoms with van der Waals surface area (Å²) in [5, 5.41) is -0.581. The first kappa shape index (κ1) is 9.92. The van der Waals surface area contributed by atoms with Crippen LogP contribution in [0.5, 0.6) is 0 Å². The van der Waals surface area contributed by atoms with Gasteiger partial charge in [-0.05, 0) is 12.1 Å². The minimum Gasteiger partial charge on any atom is -0.424 e. The van der Waals surface area contributed by atoms with Crippen molar-refractivity contribution in [3.8, 4) is 11.3 Å². The fourth-order valence-corrected chi connectivity index (χ4v) is 1.29. The normalized spacial score (nSPS) is 10.6. The van der Waals surface area contributed by atoms with Gasteiger partial charge in [-0.1, -0.05) is 11.6 Å². The molecule has 0 atom stereocenters. The first-order valence-corrected chi connectivity index (χ1v) is 4.32. The Bertz CT molecular complexity index is 513. The van der Waals surface area contributed by atoms with E-state index < -0.39 is 16.7 Å². The molecule has 1 heterocycles. The maximum absolute atomic E-state index is 13.5. The van der Waals surface area contributed by atoms with Crippen LogP contribution in [0.2, 0.25) is 5.02 Å². The Balaban J connectivity index is 2.59. The van der Waals surface area contributed by atoms with E-state index in [0.717, 1.165) is 6.07 Å². The first-order valence-electron chi connectivity index (χ1n) is 3.95. The predicted molar refractivity (Wildman–Crippen MR) is 51.3 cm³/mol. The molecule has 0 aliphatic rings. The smallest absolute Gasteiger partial charge is 0.292 e. The van der Waals surface area contributed by atoms with Gasteiger partial charge in [0, 0.05) is 0 Å². The van der Waals surface area contributed by atoms with Crippen LogP contribution in [-0.4, -0.2) is 4.98 Å². The summed E-state index contributed by atoms with van der Waals surface area (Å²) in [6.07, 6.45) is 1.24. The molecule has 0 aliphatic heterocycles. The van der Waals surface area contributed by atoms with Gasteiger partial charge in [0.25, 0.3) is 6.01 Å². The number of nitrogen functional groups attached to an aromatic ring is 1. The molecule has 0 amide bonds. The molecule has 0 fully saturated rings. The molecule has 0 bridgehead atoms. The van der Waals surface area contributed by atoms with Gasteiger partial charge in [0.15, 0.2) is 11.6 Å². The molecule has 1 aromatic carbocycles. The van der Waals surface area contributed by atoms with E-state index in [1.807, 2.05) is 0 Å². The van der Waals surface area contributed by atoms with Gasteiger partial charge in [0.05, 0.1) is 11.8 Å². The molecule has 15 heavy (non-hydrogen) atoms. The summed E-state index contributed by atoms with van der Waals surface area (Å²) in [5.41, 5.74) is 5.25. The van der Waals surface area contributed by atoms with E-state index in [0.29, 0.717) is 0 Å². The molecule has 0 spiro atoms. The number of hydrogen-bond donors (Lipinski definition) is 1. The van der Waals surface area contributed by atoms with Gasteiger partial charge in [-0.15, -0.1) is 0 Å². The van der Waals surface area contributed by atoms with Crippen molar-refractivity contribution in [1.82, 2.24) is 4.98 Å². The summed E-state index contributed by atoms with van der Waals surface area (Å²) in [5.74, 6) is -1.62. The second-order valence-electron chi connectivity index (χ2n) is 2.79. The maximum Gasteiger partial charge on any atom is 0.292 e. The largest absolute Gasteiger partial charge is 0.424 e. The third-order valence-corrected chi connectivity index (χ3v) is 2.17. The molecule has 78 valence electrons. The minimum atomic E-state index is -0.896. The van der Waals surface area contributed by atoms with Crippen molar-refractivity contribution in [1.29, 1.82) is 0 Å². The van der Waals surface area contributed by atoms with Crippen LogP contribution >= 0.6 is 11.6 Å². The second-order valence-corrected chi connectivity index (χ2v) is 3.16. The zero-order chi connectivity index (χ0) is 11.0. The summed E-state index contributed by atoms with van der Waals surface area (Å²) >= 11 is 5.40. The second kappa shape index (κ2) is 3.51. The van der Waals surface area contributed by atoms with Gasteiger partial charge in [-0.3, -0.25) is 0 Å². The number of oxazole rings is 1. The molecule has 0 saturated heterocycles. The molecule has 6 heteroatoms. The lowest BCUT2D eigenvalue weighted by Crippen LogP contribution is -1.88. The van der Waals surface area contributed by atoms with Crippen molar-refractivity contribution in [2.45, 2.75) is 0 Å². The van der Waals surface area contributed by atoms with Crippen LogP contribution in [0.15, 0.2) is 22.7 Å². The summed E-state index contributed by atoms with van der Waals surface area (Å²) < 4.78 is 31.2. The average molecular weight is 231 g/mol. The first-order chi connectivity index (χ1) is 7.09. The van der Waals surface area contributed by atoms with Crippen molar-refractivity contribution in [2.24, 2.45) is 0 Å². The lowest BCUT2D eigenvalue weighted by Gasteiger charge is -2.01. The van der Waals surface area contributed by atoms with Crippen molar-refractivity contribution < 1.29 is 13.2 Å². The molecular formula is C9H5ClF2N2O. The van der Waals surface area contributed by atoms with Crippen molar-refractivity contribution >= 4 is 17.6 Å². The highest BCUT2D eigenvalue weighted by molar-refractivity contribution is 6.31. The minimum absolute atomic E-state index is 0.0191. The average Bonchev–Trinajstić information content (AvgIpc) is 2.61.